The van der Waals surface area contributed by atoms with Crippen molar-refractivity contribution in [3.63, 3.8) is 0 Å². The van der Waals surface area contributed by atoms with Crippen LogP contribution in [0.25, 0.3) is 0 Å². The molecule has 0 spiro atoms. The van der Waals surface area contributed by atoms with Crippen LogP contribution in [0.5, 0.6) is 0 Å². The predicted octanol–water partition coefficient (Wildman–Crippen LogP) is 4.95. The lowest BCUT2D eigenvalue weighted by atomic mass is 10.2. The molecule has 0 unspecified atom stereocenters. The Bertz CT molecular complexity index is 601. The lowest BCUT2D eigenvalue weighted by Crippen LogP contribution is -1.98. The molecule has 2 aromatic carbocycles. The minimum atomic E-state index is -0.944. The van der Waals surface area contributed by atoms with Gasteiger partial charge in [-0.05, 0) is 36.4 Å². The maximum absolute atomic E-state index is 11.2. The first-order valence-electron chi connectivity index (χ1n) is 5.02. The van der Waals surface area contributed by atoms with Crippen molar-refractivity contribution in [1.29, 1.82) is 0 Å². The highest BCUT2D eigenvalue weighted by molar-refractivity contribution is 9.10. The summed E-state index contributed by atoms with van der Waals surface area (Å²) >= 11 is 10.5. The van der Waals surface area contributed by atoms with E-state index in [4.69, 9.17) is 16.7 Å². The third kappa shape index (κ3) is 3.28. The Kier molecular flexibility index (Phi) is 4.32. The largest absolute Gasteiger partial charge is 0.478 e. The van der Waals surface area contributed by atoms with Crippen LogP contribution < -0.4 is 0 Å². The highest BCUT2D eigenvalue weighted by atomic mass is 79.9. The molecule has 0 aromatic heterocycles. The van der Waals surface area contributed by atoms with E-state index in [-0.39, 0.29) is 5.56 Å². The monoisotopic (exact) mass is 342 g/mol. The Hall–Kier alpha value is -0.970. The van der Waals surface area contributed by atoms with E-state index in [1.807, 2.05) is 18.2 Å². The Morgan fingerprint density at radius 2 is 2.00 bits per heavy atom. The van der Waals surface area contributed by atoms with Gasteiger partial charge in [-0.3, -0.25) is 0 Å². The van der Waals surface area contributed by atoms with Gasteiger partial charge in [-0.25, -0.2) is 4.79 Å². The first-order valence-corrected chi connectivity index (χ1v) is 7.01. The standard InChI is InChI=1S/C13H8BrClO2S/c14-8-4-5-12(11(6-8)13(16)17)18-10-3-1-2-9(15)7-10/h1-7H,(H,16,17). The number of hydrogen-bond donors (Lipinski definition) is 1. The van der Waals surface area contributed by atoms with Gasteiger partial charge < -0.3 is 5.11 Å². The van der Waals surface area contributed by atoms with Crippen LogP contribution in [-0.2, 0) is 0 Å². The van der Waals surface area contributed by atoms with Gasteiger partial charge in [-0.1, -0.05) is 45.4 Å². The fraction of sp³-hybridized carbons (Fsp3) is 0. The second-order valence-corrected chi connectivity index (χ2v) is 5.97. The van der Waals surface area contributed by atoms with Crippen LogP contribution in [0.4, 0.5) is 0 Å². The van der Waals surface area contributed by atoms with Gasteiger partial charge in [0.2, 0.25) is 0 Å². The second-order valence-electron chi connectivity index (χ2n) is 3.51. The van der Waals surface area contributed by atoms with Gasteiger partial charge in [0.15, 0.2) is 0 Å². The van der Waals surface area contributed by atoms with Crippen LogP contribution >= 0.6 is 39.3 Å². The maximum Gasteiger partial charge on any atom is 0.336 e. The van der Waals surface area contributed by atoms with Crippen LogP contribution in [-0.4, -0.2) is 11.1 Å². The van der Waals surface area contributed by atoms with E-state index in [0.29, 0.717) is 9.92 Å². The van der Waals surface area contributed by atoms with Gasteiger partial charge >= 0.3 is 5.97 Å². The molecule has 0 amide bonds. The summed E-state index contributed by atoms with van der Waals surface area (Å²) < 4.78 is 0.746. The van der Waals surface area contributed by atoms with Crippen LogP contribution in [0.3, 0.4) is 0 Å². The maximum atomic E-state index is 11.2. The SMILES string of the molecule is O=C(O)c1cc(Br)ccc1Sc1cccc(Cl)c1. The normalized spacial score (nSPS) is 10.3. The highest BCUT2D eigenvalue weighted by Crippen LogP contribution is 2.33. The minimum Gasteiger partial charge on any atom is -0.478 e. The average Bonchev–Trinajstić information content (AvgIpc) is 2.31. The molecule has 0 bridgehead atoms. The first-order chi connectivity index (χ1) is 8.56. The molecule has 0 aliphatic rings. The first kappa shape index (κ1) is 13.5. The van der Waals surface area contributed by atoms with E-state index in [2.05, 4.69) is 15.9 Å². The van der Waals surface area contributed by atoms with Crippen molar-refractivity contribution in [1.82, 2.24) is 0 Å². The van der Waals surface area contributed by atoms with E-state index >= 15 is 0 Å². The molecule has 0 saturated heterocycles. The molecule has 2 nitrogen and oxygen atoms in total. The van der Waals surface area contributed by atoms with Crippen LogP contribution in [0.1, 0.15) is 10.4 Å². The number of hydrogen-bond acceptors (Lipinski definition) is 2. The van der Waals surface area contributed by atoms with Gasteiger partial charge in [0, 0.05) is 19.3 Å². The molecule has 0 radical (unpaired) electrons. The van der Waals surface area contributed by atoms with Crippen molar-refractivity contribution >= 4 is 45.3 Å². The van der Waals surface area contributed by atoms with Gasteiger partial charge in [0.1, 0.15) is 0 Å². The summed E-state index contributed by atoms with van der Waals surface area (Å²) in [4.78, 5) is 12.8. The Labute approximate surface area is 122 Å². The number of rotatable bonds is 3. The molecule has 18 heavy (non-hydrogen) atoms. The summed E-state index contributed by atoms with van der Waals surface area (Å²) in [6.07, 6.45) is 0. The summed E-state index contributed by atoms with van der Waals surface area (Å²) in [5, 5.41) is 9.80. The molecule has 5 heteroatoms. The molecule has 92 valence electrons. The number of halogens is 2. The van der Waals surface area contributed by atoms with E-state index in [0.717, 1.165) is 9.37 Å². The predicted molar refractivity (Wildman–Crippen MR) is 76.7 cm³/mol. The third-order valence-electron chi connectivity index (χ3n) is 2.20. The Balaban J connectivity index is 2.37. The van der Waals surface area contributed by atoms with E-state index < -0.39 is 5.97 Å². The van der Waals surface area contributed by atoms with E-state index in [9.17, 15) is 4.79 Å². The quantitative estimate of drug-likeness (QED) is 0.856. The second kappa shape index (κ2) is 5.78. The Morgan fingerprint density at radius 3 is 2.67 bits per heavy atom. The van der Waals surface area contributed by atoms with Gasteiger partial charge in [0.25, 0.3) is 0 Å². The zero-order chi connectivity index (χ0) is 13.1. The Morgan fingerprint density at radius 1 is 1.22 bits per heavy atom. The highest BCUT2D eigenvalue weighted by Gasteiger charge is 2.11. The van der Waals surface area contributed by atoms with Gasteiger partial charge in [-0.15, -0.1) is 0 Å². The minimum absolute atomic E-state index is 0.273. The van der Waals surface area contributed by atoms with Crippen molar-refractivity contribution in [2.75, 3.05) is 0 Å². The van der Waals surface area contributed by atoms with Crippen LogP contribution in [0.15, 0.2) is 56.7 Å². The average molecular weight is 344 g/mol. The van der Waals surface area contributed by atoms with Gasteiger partial charge in [-0.2, -0.15) is 0 Å². The molecule has 0 aliphatic carbocycles. The van der Waals surface area contributed by atoms with Crippen molar-refractivity contribution < 1.29 is 9.90 Å². The molecule has 0 atom stereocenters. The lowest BCUT2D eigenvalue weighted by Gasteiger charge is -2.06. The number of carboxylic acids is 1. The molecule has 2 aromatic rings. The zero-order valence-corrected chi connectivity index (χ0v) is 12.2. The fourth-order valence-corrected chi connectivity index (χ4v) is 3.01. The summed E-state index contributed by atoms with van der Waals surface area (Å²) in [5.41, 5.74) is 0.273. The smallest absolute Gasteiger partial charge is 0.336 e. The topological polar surface area (TPSA) is 37.3 Å². The van der Waals surface area contributed by atoms with Crippen molar-refractivity contribution in [2.45, 2.75) is 9.79 Å². The molecule has 1 N–H and O–H groups in total. The molecule has 2 rings (SSSR count). The summed E-state index contributed by atoms with van der Waals surface area (Å²) in [5.74, 6) is -0.944. The molecule has 0 fully saturated rings. The summed E-state index contributed by atoms with van der Waals surface area (Å²) in [7, 11) is 0. The number of carboxylic acid groups (broad SMARTS) is 1. The van der Waals surface area contributed by atoms with Crippen molar-refractivity contribution in [3.8, 4) is 0 Å². The van der Waals surface area contributed by atoms with Crippen LogP contribution in [0.2, 0.25) is 5.02 Å². The van der Waals surface area contributed by atoms with Crippen LogP contribution in [0, 0.1) is 0 Å². The number of aromatic carboxylic acids is 1. The molecular formula is C13H8BrClO2S. The molecule has 0 aliphatic heterocycles. The summed E-state index contributed by atoms with van der Waals surface area (Å²) in [6, 6.07) is 12.5. The van der Waals surface area contributed by atoms with E-state index in [1.54, 1.807) is 24.3 Å². The lowest BCUT2D eigenvalue weighted by molar-refractivity contribution is 0.0693. The van der Waals surface area contributed by atoms with E-state index in [1.165, 1.54) is 11.8 Å². The van der Waals surface area contributed by atoms with Crippen molar-refractivity contribution in [3.05, 3.63) is 57.5 Å². The number of carbonyl (C=O) groups is 1. The molecule has 0 saturated carbocycles. The van der Waals surface area contributed by atoms with Gasteiger partial charge in [0.05, 0.1) is 5.56 Å². The zero-order valence-electron chi connectivity index (χ0n) is 9.06. The summed E-state index contributed by atoms with van der Waals surface area (Å²) in [6.45, 7) is 0. The number of benzene rings is 2. The third-order valence-corrected chi connectivity index (χ3v) is 3.99. The fourth-order valence-electron chi connectivity index (χ4n) is 1.42. The molecule has 0 heterocycles. The van der Waals surface area contributed by atoms with Crippen molar-refractivity contribution in [2.24, 2.45) is 0 Å². The molecular weight excluding hydrogens is 336 g/mol.